The van der Waals surface area contributed by atoms with Crippen LogP contribution in [-0.2, 0) is 4.79 Å². The van der Waals surface area contributed by atoms with Gasteiger partial charge in [0.2, 0.25) is 11.1 Å². The number of aromatic hydroxyl groups is 1. The molecule has 1 aromatic heterocycles. The molecule has 1 heterocycles. The number of ether oxygens (including phenoxy) is 1. The number of thioether (sulfide) groups is 1. The van der Waals surface area contributed by atoms with Gasteiger partial charge in [0, 0.05) is 5.69 Å². The number of aromatic nitrogens is 4. The average Bonchev–Trinajstić information content (AvgIpc) is 3.15. The van der Waals surface area contributed by atoms with Crippen LogP contribution in [-0.4, -0.2) is 43.6 Å². The van der Waals surface area contributed by atoms with Crippen molar-refractivity contribution in [2.45, 2.75) is 24.3 Å². The van der Waals surface area contributed by atoms with Crippen LogP contribution in [0.1, 0.15) is 13.8 Å². The summed E-state index contributed by atoms with van der Waals surface area (Å²) < 4.78 is 6.68. The van der Waals surface area contributed by atoms with Crippen molar-refractivity contribution in [1.82, 2.24) is 20.2 Å². The minimum absolute atomic E-state index is 0.0493. The highest BCUT2D eigenvalue weighted by Gasteiger charge is 2.26. The first-order valence-electron chi connectivity index (χ1n) is 8.67. The number of anilines is 1. The van der Waals surface area contributed by atoms with Gasteiger partial charge < -0.3 is 15.2 Å². The third-order valence-corrected chi connectivity index (χ3v) is 5.47. The van der Waals surface area contributed by atoms with Crippen LogP contribution in [0, 0.1) is 5.92 Å². The van der Waals surface area contributed by atoms with Crippen molar-refractivity contribution in [3.8, 4) is 17.2 Å². The Labute approximate surface area is 166 Å². The molecule has 0 aliphatic heterocycles. The number of phenols is 1. The Morgan fingerprint density at radius 1 is 1.14 bits per heavy atom. The summed E-state index contributed by atoms with van der Waals surface area (Å²) in [6.45, 7) is 3.94. The lowest BCUT2D eigenvalue weighted by Gasteiger charge is -2.19. The van der Waals surface area contributed by atoms with Crippen molar-refractivity contribution in [3.63, 3.8) is 0 Å². The first-order valence-corrected chi connectivity index (χ1v) is 9.55. The number of carbonyl (C=O) groups excluding carboxylic acids is 1. The van der Waals surface area contributed by atoms with Gasteiger partial charge in [0.25, 0.3) is 0 Å². The van der Waals surface area contributed by atoms with Gasteiger partial charge in [-0.25, -0.2) is 0 Å². The van der Waals surface area contributed by atoms with Crippen LogP contribution >= 0.6 is 11.8 Å². The third kappa shape index (κ3) is 4.61. The van der Waals surface area contributed by atoms with Crippen molar-refractivity contribution in [2.75, 3.05) is 12.4 Å². The highest BCUT2D eigenvalue weighted by atomic mass is 32.2. The van der Waals surface area contributed by atoms with Gasteiger partial charge >= 0.3 is 0 Å². The zero-order valence-corrected chi connectivity index (χ0v) is 16.6. The molecular weight excluding hydrogens is 378 g/mol. The number of hydrogen-bond donors (Lipinski definition) is 2. The Kier molecular flexibility index (Phi) is 6.15. The molecule has 0 aliphatic rings. The second kappa shape index (κ2) is 8.75. The fourth-order valence-electron chi connectivity index (χ4n) is 2.50. The van der Waals surface area contributed by atoms with E-state index in [1.807, 2.05) is 13.8 Å². The first kappa shape index (κ1) is 19.7. The van der Waals surface area contributed by atoms with Crippen molar-refractivity contribution < 1.29 is 14.6 Å². The van der Waals surface area contributed by atoms with E-state index in [4.69, 9.17) is 4.74 Å². The molecule has 1 atom stereocenters. The number of nitrogens with zero attached hydrogens (tertiary/aromatic N) is 4. The predicted octanol–water partition coefficient (Wildman–Crippen LogP) is 3.13. The van der Waals surface area contributed by atoms with E-state index in [0.717, 1.165) is 5.75 Å². The molecule has 3 rings (SSSR count). The summed E-state index contributed by atoms with van der Waals surface area (Å²) in [7, 11) is 1.59. The van der Waals surface area contributed by atoms with E-state index < -0.39 is 5.25 Å². The van der Waals surface area contributed by atoms with E-state index in [0.29, 0.717) is 16.5 Å². The Morgan fingerprint density at radius 3 is 2.43 bits per heavy atom. The van der Waals surface area contributed by atoms with Crippen LogP contribution in [0.3, 0.4) is 0 Å². The number of phenolic OH excluding ortho intramolecular Hbond substituents is 1. The van der Waals surface area contributed by atoms with E-state index in [1.165, 1.54) is 11.8 Å². The van der Waals surface area contributed by atoms with Crippen LogP contribution in [0.4, 0.5) is 5.69 Å². The van der Waals surface area contributed by atoms with Gasteiger partial charge in [-0.05, 0) is 64.9 Å². The molecule has 0 fully saturated rings. The van der Waals surface area contributed by atoms with E-state index in [-0.39, 0.29) is 17.6 Å². The number of hydrogen-bond acceptors (Lipinski definition) is 7. The fraction of sp³-hybridized carbons (Fsp3) is 0.263. The molecule has 8 nitrogen and oxygen atoms in total. The molecule has 2 N–H and O–H groups in total. The average molecular weight is 399 g/mol. The number of tetrazole rings is 1. The monoisotopic (exact) mass is 399 g/mol. The molecule has 28 heavy (non-hydrogen) atoms. The van der Waals surface area contributed by atoms with Gasteiger partial charge in [0.1, 0.15) is 11.5 Å². The molecule has 0 spiro atoms. The lowest BCUT2D eigenvalue weighted by atomic mass is 10.1. The molecule has 9 heteroatoms. The van der Waals surface area contributed by atoms with E-state index in [2.05, 4.69) is 20.8 Å². The smallest absolute Gasteiger partial charge is 0.238 e. The van der Waals surface area contributed by atoms with Crippen molar-refractivity contribution in [1.29, 1.82) is 0 Å². The summed E-state index contributed by atoms with van der Waals surface area (Å²) in [5.41, 5.74) is 1.39. The SMILES string of the molecule is COc1ccc(NC(=O)C(Sc2nnnn2-c2ccc(O)cc2)C(C)C)cc1. The number of rotatable bonds is 7. The quantitative estimate of drug-likeness (QED) is 0.589. The maximum Gasteiger partial charge on any atom is 0.238 e. The molecule has 0 saturated heterocycles. The zero-order chi connectivity index (χ0) is 20.1. The van der Waals surface area contributed by atoms with E-state index in [1.54, 1.807) is 60.3 Å². The first-order chi connectivity index (χ1) is 13.5. The second-order valence-corrected chi connectivity index (χ2v) is 7.50. The van der Waals surface area contributed by atoms with Crippen LogP contribution in [0.5, 0.6) is 11.5 Å². The number of amides is 1. The summed E-state index contributed by atoms with van der Waals surface area (Å²) in [6.07, 6.45) is 0. The number of benzene rings is 2. The molecule has 0 aliphatic carbocycles. The van der Waals surface area contributed by atoms with E-state index >= 15 is 0 Å². The lowest BCUT2D eigenvalue weighted by Crippen LogP contribution is -2.30. The molecule has 1 unspecified atom stereocenters. The van der Waals surface area contributed by atoms with Crippen molar-refractivity contribution in [3.05, 3.63) is 48.5 Å². The Morgan fingerprint density at radius 2 is 1.82 bits per heavy atom. The van der Waals surface area contributed by atoms with Gasteiger partial charge in [0.05, 0.1) is 18.0 Å². The zero-order valence-electron chi connectivity index (χ0n) is 15.7. The number of methoxy groups -OCH3 is 1. The molecule has 146 valence electrons. The molecule has 3 aromatic rings. The maximum absolute atomic E-state index is 12.9. The number of nitrogens with one attached hydrogen (secondary N) is 1. The minimum atomic E-state index is -0.399. The molecular formula is C19H21N5O3S. The van der Waals surface area contributed by atoms with Crippen LogP contribution in [0.15, 0.2) is 53.7 Å². The predicted molar refractivity (Wildman–Crippen MR) is 107 cm³/mol. The lowest BCUT2D eigenvalue weighted by molar-refractivity contribution is -0.116. The maximum atomic E-state index is 12.9. The van der Waals surface area contributed by atoms with Gasteiger partial charge in [-0.2, -0.15) is 4.68 Å². The highest BCUT2D eigenvalue weighted by molar-refractivity contribution is 8.00. The summed E-state index contributed by atoms with van der Waals surface area (Å²) in [6, 6.07) is 13.7. The van der Waals surface area contributed by atoms with Gasteiger partial charge in [-0.1, -0.05) is 25.6 Å². The molecule has 0 bridgehead atoms. The molecule has 1 amide bonds. The summed E-state index contributed by atoms with van der Waals surface area (Å²) in [5, 5.41) is 24.3. The fourth-order valence-corrected chi connectivity index (χ4v) is 3.49. The van der Waals surface area contributed by atoms with Crippen LogP contribution in [0.2, 0.25) is 0 Å². The van der Waals surface area contributed by atoms with Crippen LogP contribution < -0.4 is 10.1 Å². The van der Waals surface area contributed by atoms with Crippen LogP contribution in [0.25, 0.3) is 5.69 Å². The summed E-state index contributed by atoms with van der Waals surface area (Å²) in [4.78, 5) is 12.9. The number of carbonyl (C=O) groups is 1. The highest BCUT2D eigenvalue weighted by Crippen LogP contribution is 2.29. The van der Waals surface area contributed by atoms with Gasteiger partial charge in [0.15, 0.2) is 0 Å². The Hall–Kier alpha value is -3.07. The molecule has 0 saturated carbocycles. The van der Waals surface area contributed by atoms with Crippen molar-refractivity contribution in [2.24, 2.45) is 5.92 Å². The second-order valence-electron chi connectivity index (χ2n) is 6.39. The van der Waals surface area contributed by atoms with Gasteiger partial charge in [-0.3, -0.25) is 4.79 Å². The Balaban J connectivity index is 1.77. The topological polar surface area (TPSA) is 102 Å². The largest absolute Gasteiger partial charge is 0.508 e. The molecule has 0 radical (unpaired) electrons. The van der Waals surface area contributed by atoms with E-state index in [9.17, 15) is 9.90 Å². The van der Waals surface area contributed by atoms with Crippen molar-refractivity contribution >= 4 is 23.4 Å². The summed E-state index contributed by atoms with van der Waals surface area (Å²) >= 11 is 1.29. The minimum Gasteiger partial charge on any atom is -0.508 e. The Bertz CT molecular complexity index is 926. The summed E-state index contributed by atoms with van der Waals surface area (Å²) in [5.74, 6) is 0.796. The van der Waals surface area contributed by atoms with Gasteiger partial charge in [-0.15, -0.1) is 5.10 Å². The standard InChI is InChI=1S/C19H21N5O3S/c1-12(2)17(18(26)20-13-4-10-16(27-3)11-5-13)28-19-21-22-23-24(19)14-6-8-15(25)9-7-14/h4-12,17,25H,1-3H3,(H,20,26). The third-order valence-electron chi connectivity index (χ3n) is 3.99. The molecule has 2 aromatic carbocycles. The normalized spacial score (nSPS) is 12.0.